The molecule has 0 spiro atoms. The second kappa shape index (κ2) is 8.16. The third-order valence-corrected chi connectivity index (χ3v) is 5.29. The summed E-state index contributed by atoms with van der Waals surface area (Å²) in [6, 6.07) is 2.56. The largest absolute Gasteiger partial charge is 0.370 e. The first-order valence-corrected chi connectivity index (χ1v) is 9.69. The molecule has 2 aromatic rings. The highest BCUT2D eigenvalue weighted by Gasteiger charge is 2.27. The zero-order valence-corrected chi connectivity index (χ0v) is 16.5. The van der Waals surface area contributed by atoms with Gasteiger partial charge in [0.2, 0.25) is 0 Å². The van der Waals surface area contributed by atoms with E-state index in [4.69, 9.17) is 0 Å². The highest BCUT2D eigenvalue weighted by molar-refractivity contribution is 5.90. The predicted octanol–water partition coefficient (Wildman–Crippen LogP) is 3.77. The average molecular weight is 357 g/mol. The average Bonchev–Trinajstić information content (AvgIpc) is 2.61. The van der Waals surface area contributed by atoms with E-state index in [2.05, 4.69) is 64.5 Å². The van der Waals surface area contributed by atoms with Crippen LogP contribution in [0.1, 0.15) is 46.0 Å². The number of anilines is 2. The van der Waals surface area contributed by atoms with Gasteiger partial charge in [-0.05, 0) is 64.2 Å². The molecule has 26 heavy (non-hydrogen) atoms. The van der Waals surface area contributed by atoms with E-state index < -0.39 is 0 Å². The van der Waals surface area contributed by atoms with Gasteiger partial charge in [0.1, 0.15) is 18.0 Å². The van der Waals surface area contributed by atoms with Crippen LogP contribution in [0.25, 0.3) is 10.9 Å². The van der Waals surface area contributed by atoms with E-state index >= 15 is 0 Å². The maximum absolute atomic E-state index is 4.51. The second-order valence-electron chi connectivity index (χ2n) is 8.48. The molecule has 3 rings (SSSR count). The van der Waals surface area contributed by atoms with Crippen molar-refractivity contribution in [2.75, 3.05) is 37.8 Å². The molecule has 1 fully saturated rings. The summed E-state index contributed by atoms with van der Waals surface area (Å²) >= 11 is 0. The number of hydrogen-bond acceptors (Lipinski definition) is 6. The maximum Gasteiger partial charge on any atom is 0.137 e. The van der Waals surface area contributed by atoms with Crippen LogP contribution in [0.3, 0.4) is 0 Å². The van der Waals surface area contributed by atoms with Gasteiger partial charge in [0.25, 0.3) is 0 Å². The normalized spacial score (nSPS) is 17.6. The molecule has 0 radical (unpaired) electrons. The highest BCUT2D eigenvalue weighted by Crippen LogP contribution is 2.36. The summed E-state index contributed by atoms with van der Waals surface area (Å²) < 4.78 is 0. The van der Waals surface area contributed by atoms with E-state index in [0.717, 1.165) is 42.0 Å². The van der Waals surface area contributed by atoms with Gasteiger partial charge in [0.15, 0.2) is 0 Å². The number of hydrogen-bond donors (Lipinski definition) is 2. The molecule has 1 aliphatic carbocycles. The lowest BCUT2D eigenvalue weighted by molar-refractivity contribution is 0.232. The van der Waals surface area contributed by atoms with Gasteiger partial charge in [-0.15, -0.1) is 0 Å². The van der Waals surface area contributed by atoms with Crippen LogP contribution >= 0.6 is 0 Å². The molecular weight excluding hydrogens is 324 g/mol. The zero-order valence-electron chi connectivity index (χ0n) is 16.5. The number of nitrogens with zero attached hydrogens (tertiary/aromatic N) is 4. The van der Waals surface area contributed by atoms with Crippen molar-refractivity contribution in [3.05, 3.63) is 18.6 Å². The Balaban J connectivity index is 1.68. The Hall–Kier alpha value is -1.95. The summed E-state index contributed by atoms with van der Waals surface area (Å²) in [6.07, 6.45) is 9.45. The fourth-order valence-corrected chi connectivity index (χ4v) is 3.52. The zero-order chi connectivity index (χ0) is 18.6. The molecule has 0 aliphatic heterocycles. The molecule has 0 aromatic carbocycles. The maximum atomic E-state index is 4.51. The minimum atomic E-state index is 0.472. The van der Waals surface area contributed by atoms with Crippen LogP contribution in [-0.4, -0.2) is 53.1 Å². The monoisotopic (exact) mass is 356 g/mol. The van der Waals surface area contributed by atoms with Crippen molar-refractivity contribution in [2.45, 2.75) is 52.0 Å². The molecule has 0 unspecified atom stereocenters. The van der Waals surface area contributed by atoms with Crippen molar-refractivity contribution in [3.63, 3.8) is 0 Å². The lowest BCUT2D eigenvalue weighted by Crippen LogP contribution is -2.30. The summed E-state index contributed by atoms with van der Waals surface area (Å²) in [5, 5.41) is 8.11. The van der Waals surface area contributed by atoms with Gasteiger partial charge in [-0.25, -0.2) is 15.0 Å². The molecule has 142 valence electrons. The Morgan fingerprint density at radius 1 is 1.15 bits per heavy atom. The standard InChI is InChI=1S/C20H32N6/c1-20(2)8-6-15(7-9-20)25-19-16-12-18(21-10-5-11-26(3)4)22-13-17(16)23-14-24-19/h12-15H,5-11H2,1-4H3,(H,21,22)(H,23,24,25). The Morgan fingerprint density at radius 2 is 1.92 bits per heavy atom. The van der Waals surface area contributed by atoms with Crippen LogP contribution < -0.4 is 10.6 Å². The second-order valence-corrected chi connectivity index (χ2v) is 8.48. The van der Waals surface area contributed by atoms with Gasteiger partial charge in [-0.3, -0.25) is 0 Å². The number of fused-ring (bicyclic) bond motifs is 1. The Kier molecular flexibility index (Phi) is 5.91. The van der Waals surface area contributed by atoms with Gasteiger partial charge < -0.3 is 15.5 Å². The van der Waals surface area contributed by atoms with Gasteiger partial charge in [0.05, 0.1) is 11.7 Å². The van der Waals surface area contributed by atoms with Crippen LogP contribution in [0.5, 0.6) is 0 Å². The fraction of sp³-hybridized carbons (Fsp3) is 0.650. The molecular formula is C20H32N6. The lowest BCUT2D eigenvalue weighted by atomic mass is 9.75. The van der Waals surface area contributed by atoms with E-state index in [9.17, 15) is 0 Å². The van der Waals surface area contributed by atoms with Crippen molar-refractivity contribution in [2.24, 2.45) is 5.41 Å². The topological polar surface area (TPSA) is 66.0 Å². The Labute approximate surface area is 156 Å². The van der Waals surface area contributed by atoms with Gasteiger partial charge >= 0.3 is 0 Å². The molecule has 2 N–H and O–H groups in total. The number of nitrogens with one attached hydrogen (secondary N) is 2. The van der Waals surface area contributed by atoms with Crippen molar-refractivity contribution >= 4 is 22.5 Å². The number of pyridine rings is 1. The van der Waals surface area contributed by atoms with Crippen LogP contribution in [0.15, 0.2) is 18.6 Å². The summed E-state index contributed by atoms with van der Waals surface area (Å²) in [5.41, 5.74) is 1.36. The van der Waals surface area contributed by atoms with Crippen LogP contribution in [0.4, 0.5) is 11.6 Å². The van der Waals surface area contributed by atoms with Crippen LogP contribution in [-0.2, 0) is 0 Å². The molecule has 0 atom stereocenters. The third-order valence-electron chi connectivity index (χ3n) is 5.29. The first kappa shape index (κ1) is 18.8. The van der Waals surface area contributed by atoms with E-state index in [0.29, 0.717) is 11.5 Å². The minimum absolute atomic E-state index is 0.472. The van der Waals surface area contributed by atoms with Crippen molar-refractivity contribution in [1.29, 1.82) is 0 Å². The first-order valence-electron chi connectivity index (χ1n) is 9.69. The highest BCUT2D eigenvalue weighted by atomic mass is 15.1. The van der Waals surface area contributed by atoms with Crippen molar-refractivity contribution in [3.8, 4) is 0 Å². The summed E-state index contributed by atoms with van der Waals surface area (Å²) in [6.45, 7) is 6.70. The molecule has 0 bridgehead atoms. The summed E-state index contributed by atoms with van der Waals surface area (Å²) in [5.74, 6) is 1.82. The SMILES string of the molecule is CN(C)CCCNc1cc2c(NC3CCC(C)(C)CC3)ncnc2cn1. The van der Waals surface area contributed by atoms with E-state index in [-0.39, 0.29) is 0 Å². The Morgan fingerprint density at radius 3 is 2.65 bits per heavy atom. The number of rotatable bonds is 7. The smallest absolute Gasteiger partial charge is 0.137 e. The Bertz CT molecular complexity index is 717. The van der Waals surface area contributed by atoms with Gasteiger partial charge in [0, 0.05) is 18.0 Å². The van der Waals surface area contributed by atoms with E-state index in [1.165, 1.54) is 25.7 Å². The van der Waals surface area contributed by atoms with Crippen molar-refractivity contribution < 1.29 is 0 Å². The first-order chi connectivity index (χ1) is 12.4. The van der Waals surface area contributed by atoms with Crippen molar-refractivity contribution in [1.82, 2.24) is 19.9 Å². The predicted molar refractivity (Wildman–Crippen MR) is 109 cm³/mol. The molecule has 0 amide bonds. The lowest BCUT2D eigenvalue weighted by Gasteiger charge is -2.34. The van der Waals surface area contributed by atoms with Crippen LogP contribution in [0.2, 0.25) is 0 Å². The van der Waals surface area contributed by atoms with Crippen LogP contribution in [0, 0.1) is 5.41 Å². The number of aromatic nitrogens is 3. The fourth-order valence-electron chi connectivity index (χ4n) is 3.52. The summed E-state index contributed by atoms with van der Waals surface area (Å²) in [7, 11) is 4.19. The molecule has 1 saturated carbocycles. The van der Waals surface area contributed by atoms with Gasteiger partial charge in [-0.1, -0.05) is 13.8 Å². The molecule has 2 aromatic heterocycles. The quantitative estimate of drug-likeness (QED) is 0.736. The van der Waals surface area contributed by atoms with Gasteiger partial charge in [-0.2, -0.15) is 0 Å². The third kappa shape index (κ3) is 5.04. The van der Waals surface area contributed by atoms with E-state index in [1.54, 1.807) is 6.33 Å². The minimum Gasteiger partial charge on any atom is -0.370 e. The molecule has 2 heterocycles. The molecule has 6 nitrogen and oxygen atoms in total. The molecule has 0 saturated heterocycles. The molecule has 1 aliphatic rings. The van der Waals surface area contributed by atoms with E-state index in [1.807, 2.05) is 6.20 Å². The summed E-state index contributed by atoms with van der Waals surface area (Å²) in [4.78, 5) is 15.6. The molecule has 6 heteroatoms.